The fourth-order valence-electron chi connectivity index (χ4n) is 5.88. The largest absolute Gasteiger partial charge is 0.384 e. The number of piperazine rings is 1. The molecule has 16 heteroatoms. The molecule has 0 radical (unpaired) electrons. The van der Waals surface area contributed by atoms with Gasteiger partial charge in [0, 0.05) is 69.0 Å². The third kappa shape index (κ3) is 8.70. The molecule has 1 aromatic heterocycles. The predicted molar refractivity (Wildman–Crippen MR) is 176 cm³/mol. The Morgan fingerprint density at radius 3 is 2.52 bits per heavy atom. The van der Waals surface area contributed by atoms with E-state index in [0.717, 1.165) is 69.4 Å². The molecule has 0 saturated carbocycles. The summed E-state index contributed by atoms with van der Waals surface area (Å²) in [5.74, 6) is 0.346. The summed E-state index contributed by atoms with van der Waals surface area (Å²) in [5, 5.41) is 3.33. The topological polar surface area (TPSA) is 175 Å². The number of halogens is 2. The van der Waals surface area contributed by atoms with E-state index in [1.807, 2.05) is 18.2 Å². The number of carbonyl (C=O) groups excluding carboxylic acids is 1. The van der Waals surface area contributed by atoms with Crippen LogP contribution < -0.4 is 26.4 Å². The van der Waals surface area contributed by atoms with Crippen LogP contribution in [0.1, 0.15) is 47.8 Å². The second kappa shape index (κ2) is 15.0. The number of rotatable bonds is 11. The van der Waals surface area contributed by atoms with Gasteiger partial charge in [-0.1, -0.05) is 36.2 Å². The zero-order valence-electron chi connectivity index (χ0n) is 25.4. The first-order valence-corrected chi connectivity index (χ1v) is 17.3. The number of nitrogens with one attached hydrogen (secondary N) is 2. The molecule has 6 N–H and O–H groups in total. The van der Waals surface area contributed by atoms with Crippen LogP contribution in [0.25, 0.3) is 0 Å². The first-order chi connectivity index (χ1) is 20.9. The maximum Gasteiger partial charge on any atom is 0.273 e. The molecule has 0 unspecified atom stereocenters. The number of aliphatic imine (C=N–C) groups is 1. The number of aromatic nitrogens is 2. The van der Waals surface area contributed by atoms with Crippen molar-refractivity contribution >= 4 is 56.6 Å². The van der Waals surface area contributed by atoms with Gasteiger partial charge in [0.2, 0.25) is 10.0 Å². The first-order valence-electron chi connectivity index (χ1n) is 14.7. The van der Waals surface area contributed by atoms with Crippen molar-refractivity contribution in [2.24, 2.45) is 10.7 Å². The molecule has 1 amide bonds. The summed E-state index contributed by atoms with van der Waals surface area (Å²) in [6.07, 6.45) is 4.13. The number of hydrogen-bond donors (Lipinski definition) is 4. The van der Waals surface area contributed by atoms with Gasteiger partial charge in [0.15, 0.2) is 22.5 Å². The number of hydrogen-bond acceptors (Lipinski definition) is 10. The summed E-state index contributed by atoms with van der Waals surface area (Å²) < 4.78 is 24.7. The van der Waals surface area contributed by atoms with Gasteiger partial charge < -0.3 is 21.7 Å². The summed E-state index contributed by atoms with van der Waals surface area (Å²) in [6.45, 7) is 7.32. The van der Waals surface area contributed by atoms with E-state index >= 15 is 0 Å². The van der Waals surface area contributed by atoms with Gasteiger partial charge in [-0.3, -0.25) is 19.6 Å². The highest BCUT2D eigenvalue weighted by Gasteiger charge is 2.34. The van der Waals surface area contributed by atoms with Crippen LogP contribution in [0.2, 0.25) is 10.2 Å². The summed E-state index contributed by atoms with van der Waals surface area (Å²) >= 11 is 12.7. The number of nitrogens with two attached hydrogens (primary N) is 2. The summed E-state index contributed by atoms with van der Waals surface area (Å²) in [7, 11) is -1.67. The van der Waals surface area contributed by atoms with Crippen molar-refractivity contribution in [3.63, 3.8) is 0 Å². The van der Waals surface area contributed by atoms with Crippen LogP contribution in [-0.4, -0.2) is 111 Å². The van der Waals surface area contributed by atoms with Crippen LogP contribution in [0.3, 0.4) is 0 Å². The Kier molecular flexibility index (Phi) is 11.7. The fourth-order valence-corrected chi connectivity index (χ4v) is 6.78. The number of piperidine rings is 1. The standard InChI is InChI=1S/C28H42Cl2N10O3S/c1-4-20-17-39(27-24(30)36-23(26(32)37-27)28(41)34-9-10-35-44(3,42)43)13-14-40(20)21-7-11-38(12-8-21)16-18-5-6-19(29)15-22(18)25(31)33-2/h5-6,15,20-21,35H,4,7-14,16-17H2,1-3H3,(H2,31,33)(H2,32,37)(H,34,41)/t20-/m0/s1. The molecule has 1 atom stereocenters. The number of amidine groups is 1. The van der Waals surface area contributed by atoms with E-state index in [0.29, 0.717) is 35.3 Å². The van der Waals surface area contributed by atoms with Gasteiger partial charge in [-0.05, 0) is 50.0 Å². The van der Waals surface area contributed by atoms with E-state index < -0.39 is 15.9 Å². The quantitative estimate of drug-likeness (QED) is 0.156. The maximum atomic E-state index is 12.6. The zero-order chi connectivity index (χ0) is 32.0. The normalized spacial score (nSPS) is 19.3. The van der Waals surface area contributed by atoms with Gasteiger partial charge in [0.05, 0.1) is 6.26 Å². The summed E-state index contributed by atoms with van der Waals surface area (Å²) in [4.78, 5) is 32.6. The average Bonchev–Trinajstić information content (AvgIpc) is 3.00. The van der Waals surface area contributed by atoms with Crippen molar-refractivity contribution in [1.82, 2.24) is 29.8 Å². The number of likely N-dealkylation sites (tertiary alicyclic amines) is 1. The minimum Gasteiger partial charge on any atom is -0.384 e. The Labute approximate surface area is 269 Å². The Balaban J connectivity index is 1.34. The highest BCUT2D eigenvalue weighted by molar-refractivity contribution is 7.88. The molecule has 0 bridgehead atoms. The van der Waals surface area contributed by atoms with Crippen molar-refractivity contribution in [3.8, 4) is 0 Å². The molecule has 242 valence electrons. The minimum atomic E-state index is -3.36. The van der Waals surface area contributed by atoms with Crippen molar-refractivity contribution in [2.75, 3.05) is 69.8 Å². The molecule has 2 aliphatic rings. The van der Waals surface area contributed by atoms with Crippen LogP contribution in [0.4, 0.5) is 11.6 Å². The lowest BCUT2D eigenvalue weighted by molar-refractivity contribution is 0.0610. The minimum absolute atomic E-state index is 0.0309. The van der Waals surface area contributed by atoms with Gasteiger partial charge >= 0.3 is 0 Å². The molecule has 4 rings (SSSR count). The third-order valence-electron chi connectivity index (χ3n) is 8.16. The SMILES string of the molecule is CC[C@H]1CN(c2nc(N)c(C(=O)NCCNS(C)(=O)=O)nc2Cl)CCN1C1CCN(Cc2ccc(Cl)cc2C(N)=NC)CC1. The van der Waals surface area contributed by atoms with Crippen molar-refractivity contribution in [2.45, 2.75) is 44.8 Å². The number of benzene rings is 1. The molecule has 2 fully saturated rings. The number of amides is 1. The van der Waals surface area contributed by atoms with Crippen LogP contribution in [0.15, 0.2) is 23.2 Å². The molecular formula is C28H42Cl2N10O3S. The van der Waals surface area contributed by atoms with Gasteiger partial charge in [0.1, 0.15) is 5.84 Å². The lowest BCUT2D eigenvalue weighted by atomic mass is 9.97. The monoisotopic (exact) mass is 668 g/mol. The van der Waals surface area contributed by atoms with E-state index in [-0.39, 0.29) is 29.8 Å². The smallest absolute Gasteiger partial charge is 0.273 e. The van der Waals surface area contributed by atoms with Crippen molar-refractivity contribution in [3.05, 3.63) is 45.2 Å². The number of anilines is 2. The maximum absolute atomic E-state index is 12.6. The molecule has 3 heterocycles. The molecular weight excluding hydrogens is 627 g/mol. The molecule has 2 aliphatic heterocycles. The third-order valence-corrected chi connectivity index (χ3v) is 9.38. The van der Waals surface area contributed by atoms with Crippen molar-refractivity contribution < 1.29 is 13.2 Å². The van der Waals surface area contributed by atoms with Gasteiger partial charge in [-0.25, -0.2) is 23.1 Å². The van der Waals surface area contributed by atoms with Crippen LogP contribution in [-0.2, 0) is 16.6 Å². The predicted octanol–water partition coefficient (Wildman–Crippen LogP) is 1.54. The number of nitrogens with zero attached hydrogens (tertiary/aromatic N) is 6. The van der Waals surface area contributed by atoms with E-state index in [1.165, 1.54) is 0 Å². The molecule has 0 spiro atoms. The molecule has 2 saturated heterocycles. The van der Waals surface area contributed by atoms with Crippen molar-refractivity contribution in [1.29, 1.82) is 0 Å². The first kappa shape index (κ1) is 34.1. The highest BCUT2D eigenvalue weighted by atomic mass is 35.5. The molecule has 2 aromatic rings. The van der Waals surface area contributed by atoms with Gasteiger partial charge in [0.25, 0.3) is 5.91 Å². The van der Waals surface area contributed by atoms with Crippen LogP contribution in [0, 0.1) is 0 Å². The second-order valence-corrected chi connectivity index (χ2v) is 13.8. The lowest BCUT2D eigenvalue weighted by Crippen LogP contribution is -2.58. The zero-order valence-corrected chi connectivity index (χ0v) is 27.7. The van der Waals surface area contributed by atoms with Gasteiger partial charge in [-0.2, -0.15) is 0 Å². The highest BCUT2D eigenvalue weighted by Crippen LogP contribution is 2.30. The van der Waals surface area contributed by atoms with Gasteiger partial charge in [-0.15, -0.1) is 0 Å². The molecule has 0 aliphatic carbocycles. The molecule has 13 nitrogen and oxygen atoms in total. The second-order valence-electron chi connectivity index (χ2n) is 11.2. The number of sulfonamides is 1. The average molecular weight is 670 g/mol. The number of carbonyl (C=O) groups is 1. The van der Waals surface area contributed by atoms with Crippen LogP contribution >= 0.6 is 23.2 Å². The van der Waals surface area contributed by atoms with E-state index in [1.54, 1.807) is 7.05 Å². The Hall–Kier alpha value is -2.75. The van der Waals surface area contributed by atoms with E-state index in [2.05, 4.69) is 46.6 Å². The van der Waals surface area contributed by atoms with Crippen LogP contribution in [0.5, 0.6) is 0 Å². The van der Waals surface area contributed by atoms with E-state index in [9.17, 15) is 13.2 Å². The summed E-state index contributed by atoms with van der Waals surface area (Å²) in [6, 6.07) is 6.59. The fraction of sp³-hybridized carbons (Fsp3) is 0.571. The number of nitrogen functional groups attached to an aromatic ring is 1. The molecule has 1 aromatic carbocycles. The molecule has 44 heavy (non-hydrogen) atoms. The Morgan fingerprint density at radius 2 is 1.86 bits per heavy atom. The Bertz CT molecular complexity index is 1470. The summed E-state index contributed by atoms with van der Waals surface area (Å²) in [5.41, 5.74) is 14.2. The Morgan fingerprint density at radius 1 is 1.14 bits per heavy atom. The lowest BCUT2D eigenvalue weighted by Gasteiger charge is -2.47. The van der Waals surface area contributed by atoms with E-state index in [4.69, 9.17) is 34.7 Å².